The first-order valence-corrected chi connectivity index (χ1v) is 9.70. The predicted molar refractivity (Wildman–Crippen MR) is 117 cm³/mol. The van der Waals surface area contributed by atoms with Crippen LogP contribution in [-0.2, 0) is 11.3 Å². The minimum atomic E-state index is -0.234. The fourth-order valence-corrected chi connectivity index (χ4v) is 3.28. The van der Waals surface area contributed by atoms with Crippen LogP contribution >= 0.6 is 0 Å². The van der Waals surface area contributed by atoms with E-state index in [2.05, 4.69) is 11.4 Å². The Bertz CT molecular complexity index is 1070. The molecule has 30 heavy (non-hydrogen) atoms. The van der Waals surface area contributed by atoms with E-state index in [4.69, 9.17) is 5.26 Å². The van der Waals surface area contributed by atoms with Gasteiger partial charge in [-0.25, -0.2) is 0 Å². The Morgan fingerprint density at radius 1 is 1.00 bits per heavy atom. The van der Waals surface area contributed by atoms with Gasteiger partial charge in [0.2, 0.25) is 5.91 Å². The van der Waals surface area contributed by atoms with Crippen LogP contribution in [0, 0.1) is 11.3 Å². The molecular formula is C25H23N3O2. The molecule has 0 aliphatic rings. The molecule has 0 bridgehead atoms. The number of nitrogens with one attached hydrogen (secondary N) is 1. The zero-order valence-electron chi connectivity index (χ0n) is 17.0. The molecule has 0 heterocycles. The highest BCUT2D eigenvalue weighted by molar-refractivity contribution is 5.94. The summed E-state index contributed by atoms with van der Waals surface area (Å²) in [6.45, 7) is 3.87. The fraction of sp³-hybridized carbons (Fsp3) is 0.160. The normalized spacial score (nSPS) is 11.2. The lowest BCUT2D eigenvalue weighted by atomic mass is 10.0. The lowest BCUT2D eigenvalue weighted by Crippen LogP contribution is -2.33. The van der Waals surface area contributed by atoms with Crippen molar-refractivity contribution in [2.45, 2.75) is 26.4 Å². The van der Waals surface area contributed by atoms with Gasteiger partial charge < -0.3 is 10.2 Å². The summed E-state index contributed by atoms with van der Waals surface area (Å²) in [5.41, 5.74) is 3.66. The first-order valence-electron chi connectivity index (χ1n) is 9.70. The maximum absolute atomic E-state index is 13.4. The van der Waals surface area contributed by atoms with Crippen molar-refractivity contribution < 1.29 is 9.59 Å². The molecule has 0 saturated heterocycles. The van der Waals surface area contributed by atoms with Crippen LogP contribution < -0.4 is 5.32 Å². The number of nitrogens with zero attached hydrogens (tertiary/aromatic N) is 2. The van der Waals surface area contributed by atoms with Crippen molar-refractivity contribution in [3.63, 3.8) is 0 Å². The molecule has 0 aliphatic carbocycles. The molecule has 150 valence electrons. The van der Waals surface area contributed by atoms with Crippen molar-refractivity contribution in [3.05, 3.63) is 101 Å². The van der Waals surface area contributed by atoms with Crippen molar-refractivity contribution in [2.24, 2.45) is 0 Å². The molecule has 0 aromatic heterocycles. The third-order valence-electron chi connectivity index (χ3n) is 4.87. The van der Waals surface area contributed by atoms with Gasteiger partial charge in [-0.2, -0.15) is 5.26 Å². The van der Waals surface area contributed by atoms with Gasteiger partial charge in [-0.05, 0) is 54.4 Å². The molecule has 0 saturated carbocycles. The molecular weight excluding hydrogens is 374 g/mol. The van der Waals surface area contributed by atoms with Gasteiger partial charge in [0.15, 0.2) is 0 Å². The number of amides is 2. The summed E-state index contributed by atoms with van der Waals surface area (Å²) < 4.78 is 0. The second-order valence-corrected chi connectivity index (χ2v) is 7.09. The zero-order valence-corrected chi connectivity index (χ0v) is 17.0. The zero-order chi connectivity index (χ0) is 21.5. The average molecular weight is 397 g/mol. The Labute approximate surface area is 176 Å². The van der Waals surface area contributed by atoms with E-state index in [1.54, 1.807) is 29.2 Å². The molecule has 0 spiro atoms. The van der Waals surface area contributed by atoms with Gasteiger partial charge in [0, 0.05) is 24.7 Å². The SMILES string of the molecule is CC(=O)Nc1cccc(C(C)N(Cc2ccccc2)C(=O)c2ccc(C#N)cc2)c1. The summed E-state index contributed by atoms with van der Waals surface area (Å²) >= 11 is 0. The standard InChI is InChI=1S/C25H23N3O2/c1-18(23-9-6-10-24(15-23)27-19(2)29)28(17-21-7-4-3-5-8-21)25(30)22-13-11-20(16-26)12-14-22/h3-15,18H,17H2,1-2H3,(H,27,29). The summed E-state index contributed by atoms with van der Waals surface area (Å²) in [6, 6.07) is 25.8. The summed E-state index contributed by atoms with van der Waals surface area (Å²) in [7, 11) is 0. The second kappa shape index (κ2) is 9.53. The van der Waals surface area contributed by atoms with Crippen LogP contribution in [0.2, 0.25) is 0 Å². The van der Waals surface area contributed by atoms with Crippen molar-refractivity contribution in [1.82, 2.24) is 4.90 Å². The van der Waals surface area contributed by atoms with Gasteiger partial charge in [0.1, 0.15) is 0 Å². The van der Waals surface area contributed by atoms with Crippen LogP contribution in [-0.4, -0.2) is 16.7 Å². The van der Waals surface area contributed by atoms with Crippen molar-refractivity contribution in [3.8, 4) is 6.07 Å². The number of anilines is 1. The molecule has 5 heteroatoms. The van der Waals surface area contributed by atoms with E-state index < -0.39 is 0 Å². The summed E-state index contributed by atoms with van der Waals surface area (Å²) in [4.78, 5) is 26.6. The minimum absolute atomic E-state index is 0.124. The van der Waals surface area contributed by atoms with E-state index in [-0.39, 0.29) is 17.9 Å². The molecule has 3 rings (SSSR count). The smallest absolute Gasteiger partial charge is 0.254 e. The predicted octanol–water partition coefficient (Wildman–Crippen LogP) is 4.92. The highest BCUT2D eigenvalue weighted by Gasteiger charge is 2.23. The van der Waals surface area contributed by atoms with Crippen LogP contribution in [0.15, 0.2) is 78.9 Å². The number of hydrogen-bond donors (Lipinski definition) is 1. The molecule has 5 nitrogen and oxygen atoms in total. The highest BCUT2D eigenvalue weighted by Crippen LogP contribution is 2.27. The van der Waals surface area contributed by atoms with Crippen LogP contribution in [0.5, 0.6) is 0 Å². The Morgan fingerprint density at radius 3 is 2.33 bits per heavy atom. The van der Waals surface area contributed by atoms with Crippen LogP contribution in [0.1, 0.15) is 46.9 Å². The molecule has 3 aromatic rings. The maximum atomic E-state index is 13.4. The monoisotopic (exact) mass is 397 g/mol. The second-order valence-electron chi connectivity index (χ2n) is 7.09. The van der Waals surface area contributed by atoms with Gasteiger partial charge in [0.25, 0.3) is 5.91 Å². The third-order valence-corrected chi connectivity index (χ3v) is 4.87. The van der Waals surface area contributed by atoms with Gasteiger partial charge in [-0.15, -0.1) is 0 Å². The van der Waals surface area contributed by atoms with Crippen LogP contribution in [0.3, 0.4) is 0 Å². The Balaban J connectivity index is 1.95. The molecule has 2 amide bonds. The number of hydrogen-bond acceptors (Lipinski definition) is 3. The molecule has 1 atom stereocenters. The third kappa shape index (κ3) is 5.12. The van der Waals surface area contributed by atoms with Gasteiger partial charge in [0.05, 0.1) is 17.7 Å². The Hall–Kier alpha value is -3.91. The number of carbonyl (C=O) groups excluding carboxylic acids is 2. The Kier molecular flexibility index (Phi) is 6.61. The highest BCUT2D eigenvalue weighted by atomic mass is 16.2. The first-order chi connectivity index (χ1) is 14.5. The van der Waals surface area contributed by atoms with E-state index in [1.807, 2.05) is 61.5 Å². The maximum Gasteiger partial charge on any atom is 0.254 e. The summed E-state index contributed by atoms with van der Waals surface area (Å²) in [5, 5.41) is 11.8. The first kappa shape index (κ1) is 20.8. The summed E-state index contributed by atoms with van der Waals surface area (Å²) in [6.07, 6.45) is 0. The van der Waals surface area contributed by atoms with E-state index in [0.717, 1.165) is 11.1 Å². The number of benzene rings is 3. The topological polar surface area (TPSA) is 73.2 Å². The van der Waals surface area contributed by atoms with Crippen LogP contribution in [0.4, 0.5) is 5.69 Å². The number of carbonyl (C=O) groups is 2. The molecule has 1 N–H and O–H groups in total. The van der Waals surface area contributed by atoms with E-state index in [9.17, 15) is 9.59 Å². The largest absolute Gasteiger partial charge is 0.328 e. The summed E-state index contributed by atoms with van der Waals surface area (Å²) in [5.74, 6) is -0.268. The minimum Gasteiger partial charge on any atom is -0.328 e. The fourth-order valence-electron chi connectivity index (χ4n) is 3.28. The lowest BCUT2D eigenvalue weighted by molar-refractivity contribution is -0.114. The van der Waals surface area contributed by atoms with Crippen LogP contribution in [0.25, 0.3) is 0 Å². The Morgan fingerprint density at radius 2 is 1.70 bits per heavy atom. The molecule has 1 unspecified atom stereocenters. The van der Waals surface area contributed by atoms with Gasteiger partial charge in [-0.1, -0.05) is 42.5 Å². The molecule has 0 radical (unpaired) electrons. The van der Waals surface area contributed by atoms with Gasteiger partial charge in [-0.3, -0.25) is 9.59 Å². The molecule has 0 fully saturated rings. The van der Waals surface area contributed by atoms with E-state index >= 15 is 0 Å². The van der Waals surface area contributed by atoms with E-state index in [0.29, 0.717) is 23.4 Å². The quantitative estimate of drug-likeness (QED) is 0.642. The lowest BCUT2D eigenvalue weighted by Gasteiger charge is -2.30. The van der Waals surface area contributed by atoms with Crippen molar-refractivity contribution in [2.75, 3.05) is 5.32 Å². The number of rotatable bonds is 6. The van der Waals surface area contributed by atoms with Gasteiger partial charge >= 0.3 is 0 Å². The number of nitriles is 1. The molecule has 0 aliphatic heterocycles. The average Bonchev–Trinajstić information content (AvgIpc) is 2.77. The van der Waals surface area contributed by atoms with Crippen molar-refractivity contribution >= 4 is 17.5 Å². The van der Waals surface area contributed by atoms with E-state index in [1.165, 1.54) is 6.92 Å². The molecule has 3 aromatic carbocycles. The van der Waals surface area contributed by atoms with Crippen molar-refractivity contribution in [1.29, 1.82) is 5.26 Å².